The average Bonchev–Trinajstić information content (AvgIpc) is 3.09. The number of rotatable bonds is 5. The summed E-state index contributed by atoms with van der Waals surface area (Å²) in [6, 6.07) is 9.89. The predicted molar refractivity (Wildman–Crippen MR) is 92.0 cm³/mol. The summed E-state index contributed by atoms with van der Waals surface area (Å²) in [6.45, 7) is 1.46. The van der Waals surface area contributed by atoms with Crippen LogP contribution in [0.2, 0.25) is 0 Å². The van der Waals surface area contributed by atoms with Gasteiger partial charge < -0.3 is 19.3 Å². The van der Waals surface area contributed by atoms with Crippen LogP contribution in [-0.4, -0.2) is 54.1 Å². The van der Waals surface area contributed by atoms with Crippen LogP contribution in [0, 0.1) is 0 Å². The monoisotopic (exact) mass is 386 g/mol. The fourth-order valence-electron chi connectivity index (χ4n) is 2.14. The highest BCUT2D eigenvalue weighted by atomic mass is 19.4. The zero-order valence-electron chi connectivity index (χ0n) is 15.2. The molecule has 0 fully saturated rings. The molecule has 0 bridgehead atoms. The van der Waals surface area contributed by atoms with Crippen molar-refractivity contribution < 1.29 is 32.3 Å². The standard InChI is InChI=1S/C16H20N2O2.C2HF3O2/c1-17(2)10-13-6-4-5-7-14(13)11-18(3)16(19)15-8-9-20-12-15;3-2(4,5)1(6)7/h4-9,12H,10-11H2,1-3H3;(H,6,7). The van der Waals surface area contributed by atoms with Crippen LogP contribution < -0.4 is 0 Å². The van der Waals surface area contributed by atoms with Gasteiger partial charge in [-0.05, 0) is 31.3 Å². The van der Waals surface area contributed by atoms with Crippen LogP contribution in [0.1, 0.15) is 21.5 Å². The van der Waals surface area contributed by atoms with Crippen molar-refractivity contribution in [3.63, 3.8) is 0 Å². The van der Waals surface area contributed by atoms with Crippen molar-refractivity contribution in [2.24, 2.45) is 0 Å². The van der Waals surface area contributed by atoms with Crippen molar-refractivity contribution >= 4 is 11.9 Å². The number of carbonyl (C=O) groups excluding carboxylic acids is 1. The Bertz CT molecular complexity index is 743. The van der Waals surface area contributed by atoms with Gasteiger partial charge in [-0.3, -0.25) is 4.79 Å². The Morgan fingerprint density at radius 3 is 1.96 bits per heavy atom. The first-order valence-corrected chi connectivity index (χ1v) is 7.81. The van der Waals surface area contributed by atoms with Gasteiger partial charge in [0.05, 0.1) is 11.8 Å². The molecule has 148 valence electrons. The Hall–Kier alpha value is -2.81. The van der Waals surface area contributed by atoms with Crippen LogP contribution in [0.25, 0.3) is 0 Å². The summed E-state index contributed by atoms with van der Waals surface area (Å²) >= 11 is 0. The third-order valence-corrected chi connectivity index (χ3v) is 3.37. The van der Waals surface area contributed by atoms with Crippen LogP contribution in [0.5, 0.6) is 0 Å². The summed E-state index contributed by atoms with van der Waals surface area (Å²) in [7, 11) is 5.88. The lowest BCUT2D eigenvalue weighted by atomic mass is 10.1. The van der Waals surface area contributed by atoms with E-state index in [1.54, 1.807) is 11.0 Å². The van der Waals surface area contributed by atoms with Gasteiger partial charge in [0.25, 0.3) is 5.91 Å². The maximum absolute atomic E-state index is 12.2. The van der Waals surface area contributed by atoms with Gasteiger partial charge in [-0.25, -0.2) is 4.79 Å². The number of halogens is 3. The molecular weight excluding hydrogens is 365 g/mol. The molecular formula is C18H21F3N2O4. The van der Waals surface area contributed by atoms with Crippen LogP contribution >= 0.6 is 0 Å². The second-order valence-electron chi connectivity index (χ2n) is 5.98. The quantitative estimate of drug-likeness (QED) is 0.854. The molecule has 1 aromatic heterocycles. The predicted octanol–water partition coefficient (Wildman–Crippen LogP) is 3.25. The van der Waals surface area contributed by atoms with E-state index in [0.29, 0.717) is 12.1 Å². The number of furan rings is 1. The molecule has 0 saturated heterocycles. The Balaban J connectivity index is 0.000000445. The van der Waals surface area contributed by atoms with E-state index in [4.69, 9.17) is 14.3 Å². The summed E-state index contributed by atoms with van der Waals surface area (Å²) in [5, 5.41) is 7.12. The third-order valence-electron chi connectivity index (χ3n) is 3.37. The summed E-state index contributed by atoms with van der Waals surface area (Å²) < 4.78 is 36.7. The maximum atomic E-state index is 12.2. The second-order valence-corrected chi connectivity index (χ2v) is 5.98. The molecule has 0 saturated carbocycles. The van der Waals surface area contributed by atoms with Gasteiger partial charge in [0.15, 0.2) is 0 Å². The largest absolute Gasteiger partial charge is 0.490 e. The molecule has 0 radical (unpaired) electrons. The molecule has 1 amide bonds. The van der Waals surface area contributed by atoms with E-state index in [9.17, 15) is 18.0 Å². The van der Waals surface area contributed by atoms with Crippen molar-refractivity contribution in [1.82, 2.24) is 9.80 Å². The molecule has 6 nitrogen and oxygen atoms in total. The number of hydrogen-bond donors (Lipinski definition) is 1. The fraction of sp³-hybridized carbons (Fsp3) is 0.333. The minimum absolute atomic E-state index is 0.0293. The molecule has 0 aliphatic carbocycles. The van der Waals surface area contributed by atoms with Gasteiger partial charge in [-0.15, -0.1) is 0 Å². The second kappa shape index (κ2) is 9.77. The molecule has 9 heteroatoms. The van der Waals surface area contributed by atoms with Crippen LogP contribution in [0.3, 0.4) is 0 Å². The Morgan fingerprint density at radius 1 is 1.04 bits per heavy atom. The minimum Gasteiger partial charge on any atom is -0.475 e. The van der Waals surface area contributed by atoms with Crippen molar-refractivity contribution in [3.05, 3.63) is 59.5 Å². The van der Waals surface area contributed by atoms with Crippen molar-refractivity contribution in [2.45, 2.75) is 19.3 Å². The molecule has 0 spiro atoms. The van der Waals surface area contributed by atoms with Gasteiger partial charge in [0.1, 0.15) is 6.26 Å². The van der Waals surface area contributed by atoms with Gasteiger partial charge in [0, 0.05) is 20.1 Å². The number of amides is 1. The van der Waals surface area contributed by atoms with E-state index >= 15 is 0 Å². The maximum Gasteiger partial charge on any atom is 0.490 e. The van der Waals surface area contributed by atoms with Gasteiger partial charge in [-0.2, -0.15) is 13.2 Å². The molecule has 2 rings (SSSR count). The summed E-state index contributed by atoms with van der Waals surface area (Å²) in [5.74, 6) is -2.79. The number of carbonyl (C=O) groups is 2. The van der Waals surface area contributed by atoms with E-state index in [0.717, 1.165) is 6.54 Å². The normalized spacial score (nSPS) is 10.9. The lowest BCUT2D eigenvalue weighted by Crippen LogP contribution is -2.26. The number of hydrogen-bond acceptors (Lipinski definition) is 4. The van der Waals surface area contributed by atoms with E-state index in [-0.39, 0.29) is 5.91 Å². The molecule has 1 N–H and O–H groups in total. The van der Waals surface area contributed by atoms with E-state index in [2.05, 4.69) is 17.0 Å². The van der Waals surface area contributed by atoms with Gasteiger partial charge >= 0.3 is 12.1 Å². The molecule has 1 aromatic carbocycles. The number of carboxylic acid groups (broad SMARTS) is 1. The van der Waals surface area contributed by atoms with E-state index in [1.807, 2.05) is 33.3 Å². The number of aliphatic carboxylic acids is 1. The summed E-state index contributed by atoms with van der Waals surface area (Å²) in [5.41, 5.74) is 2.99. The molecule has 0 aliphatic heterocycles. The van der Waals surface area contributed by atoms with E-state index in [1.165, 1.54) is 23.7 Å². The van der Waals surface area contributed by atoms with E-state index < -0.39 is 12.1 Å². The zero-order chi connectivity index (χ0) is 20.6. The van der Waals surface area contributed by atoms with Crippen LogP contribution in [0.15, 0.2) is 47.3 Å². The van der Waals surface area contributed by atoms with Gasteiger partial charge in [-0.1, -0.05) is 24.3 Å². The highest BCUT2D eigenvalue weighted by Gasteiger charge is 2.38. The Labute approximate surface area is 154 Å². The fourth-order valence-corrected chi connectivity index (χ4v) is 2.14. The van der Waals surface area contributed by atoms with Crippen molar-refractivity contribution in [1.29, 1.82) is 0 Å². The summed E-state index contributed by atoms with van der Waals surface area (Å²) in [6.07, 6.45) is -2.09. The SMILES string of the molecule is CN(C)Cc1ccccc1CN(C)C(=O)c1ccoc1.O=C(O)C(F)(F)F. The smallest absolute Gasteiger partial charge is 0.475 e. The third kappa shape index (κ3) is 7.53. The topological polar surface area (TPSA) is 74.0 Å². The van der Waals surface area contributed by atoms with Gasteiger partial charge in [0.2, 0.25) is 0 Å². The highest BCUT2D eigenvalue weighted by Crippen LogP contribution is 2.15. The number of carboxylic acids is 1. The highest BCUT2D eigenvalue weighted by molar-refractivity contribution is 5.93. The minimum atomic E-state index is -5.08. The van der Waals surface area contributed by atoms with Crippen LogP contribution in [0.4, 0.5) is 13.2 Å². The first-order valence-electron chi connectivity index (χ1n) is 7.81. The first-order chi connectivity index (χ1) is 12.5. The zero-order valence-corrected chi connectivity index (χ0v) is 15.2. The molecule has 1 heterocycles. The van der Waals surface area contributed by atoms with Crippen LogP contribution in [-0.2, 0) is 17.9 Å². The van der Waals surface area contributed by atoms with Crippen molar-refractivity contribution in [2.75, 3.05) is 21.1 Å². The number of alkyl halides is 3. The molecule has 27 heavy (non-hydrogen) atoms. The molecule has 0 unspecified atom stereocenters. The Morgan fingerprint density at radius 2 is 1.56 bits per heavy atom. The first kappa shape index (κ1) is 22.2. The number of benzene rings is 1. The lowest BCUT2D eigenvalue weighted by Gasteiger charge is -2.20. The molecule has 2 aromatic rings. The summed E-state index contributed by atoms with van der Waals surface area (Å²) in [4.78, 5) is 24.9. The average molecular weight is 386 g/mol. The molecule has 0 atom stereocenters. The number of nitrogens with zero attached hydrogens (tertiary/aromatic N) is 2. The lowest BCUT2D eigenvalue weighted by molar-refractivity contribution is -0.192. The molecule has 0 aliphatic rings. The Kier molecular flexibility index (Phi) is 8.04. The van der Waals surface area contributed by atoms with Crippen molar-refractivity contribution in [3.8, 4) is 0 Å².